The number of hydrogen-bond acceptors (Lipinski definition) is 3. The van der Waals surface area contributed by atoms with Crippen LogP contribution in [-0.4, -0.2) is 22.1 Å². The average molecular weight is 398 g/mol. The SMILES string of the molecule is O=C(O)C(CCCc1ccc2ccccc2c1)OP(=O)(O)Cc1ccccc1. The first-order valence-corrected chi connectivity index (χ1v) is 10.9. The van der Waals surface area contributed by atoms with Crippen LogP contribution >= 0.6 is 7.60 Å². The highest BCUT2D eigenvalue weighted by Crippen LogP contribution is 2.47. The van der Waals surface area contributed by atoms with Crippen LogP contribution in [0.5, 0.6) is 0 Å². The van der Waals surface area contributed by atoms with Gasteiger partial charge in [-0.15, -0.1) is 0 Å². The molecule has 3 aromatic rings. The molecule has 0 aliphatic rings. The maximum absolute atomic E-state index is 12.3. The van der Waals surface area contributed by atoms with Gasteiger partial charge in [-0.05, 0) is 41.2 Å². The third kappa shape index (κ3) is 5.77. The van der Waals surface area contributed by atoms with Crippen molar-refractivity contribution in [2.75, 3.05) is 0 Å². The van der Waals surface area contributed by atoms with E-state index >= 15 is 0 Å². The van der Waals surface area contributed by atoms with Gasteiger partial charge < -0.3 is 10.00 Å². The van der Waals surface area contributed by atoms with Crippen molar-refractivity contribution in [3.8, 4) is 0 Å². The highest BCUT2D eigenvalue weighted by molar-refractivity contribution is 7.52. The molecule has 28 heavy (non-hydrogen) atoms. The van der Waals surface area contributed by atoms with Gasteiger partial charge in [0.25, 0.3) is 0 Å². The summed E-state index contributed by atoms with van der Waals surface area (Å²) in [5.41, 5.74) is 1.73. The molecule has 0 aromatic heterocycles. The molecule has 0 aliphatic carbocycles. The molecule has 0 heterocycles. The summed E-state index contributed by atoms with van der Waals surface area (Å²) in [6, 6.07) is 22.9. The first kappa shape index (κ1) is 20.3. The fourth-order valence-corrected chi connectivity index (χ4v) is 4.50. The van der Waals surface area contributed by atoms with Crippen molar-refractivity contribution in [2.24, 2.45) is 0 Å². The molecule has 5 nitrogen and oxygen atoms in total. The lowest BCUT2D eigenvalue weighted by atomic mass is 10.0. The Hall–Kier alpha value is -2.46. The first-order valence-electron chi connectivity index (χ1n) is 9.17. The predicted molar refractivity (Wildman–Crippen MR) is 109 cm³/mol. The van der Waals surface area contributed by atoms with Crippen LogP contribution < -0.4 is 0 Å². The number of fused-ring (bicyclic) bond motifs is 1. The Kier molecular flexibility index (Phi) is 6.63. The first-order chi connectivity index (χ1) is 13.4. The topological polar surface area (TPSA) is 83.8 Å². The fraction of sp³-hybridized carbons (Fsp3) is 0.227. The Bertz CT molecular complexity index is 986. The molecule has 0 radical (unpaired) electrons. The molecule has 0 saturated heterocycles. The summed E-state index contributed by atoms with van der Waals surface area (Å²) >= 11 is 0. The quantitative estimate of drug-likeness (QED) is 0.495. The highest BCUT2D eigenvalue weighted by Gasteiger charge is 2.29. The maximum Gasteiger partial charge on any atom is 0.333 e. The van der Waals surface area contributed by atoms with E-state index in [0.717, 1.165) is 16.3 Å². The monoisotopic (exact) mass is 398 g/mol. The van der Waals surface area contributed by atoms with E-state index in [-0.39, 0.29) is 12.6 Å². The maximum atomic E-state index is 12.3. The second kappa shape index (κ2) is 9.16. The minimum atomic E-state index is -4.05. The van der Waals surface area contributed by atoms with E-state index in [9.17, 15) is 19.4 Å². The van der Waals surface area contributed by atoms with Gasteiger partial charge >= 0.3 is 13.6 Å². The molecule has 0 spiro atoms. The molecule has 6 heteroatoms. The third-order valence-electron chi connectivity index (χ3n) is 4.54. The minimum Gasteiger partial charge on any atom is -0.479 e. The Labute approximate surface area is 164 Å². The summed E-state index contributed by atoms with van der Waals surface area (Å²) in [6.07, 6.45) is -0.128. The number of carboxylic acids is 1. The van der Waals surface area contributed by atoms with Crippen LogP contribution in [0.3, 0.4) is 0 Å². The normalized spacial score (nSPS) is 14.5. The predicted octanol–water partition coefficient (Wildman–Crippen LogP) is 5.02. The molecule has 2 unspecified atom stereocenters. The van der Waals surface area contributed by atoms with Crippen molar-refractivity contribution in [1.82, 2.24) is 0 Å². The van der Waals surface area contributed by atoms with Crippen LogP contribution in [-0.2, 0) is 26.5 Å². The zero-order valence-electron chi connectivity index (χ0n) is 15.4. The standard InChI is InChI=1S/C22H23O5P/c23-22(24)21(27-28(25,26)16-18-7-2-1-3-8-18)12-6-9-17-13-14-19-10-4-5-11-20(19)15-17/h1-5,7-8,10-11,13-15,21H,6,9,12,16H2,(H,23,24)(H,25,26). The van der Waals surface area contributed by atoms with Gasteiger partial charge in [-0.3, -0.25) is 9.09 Å². The highest BCUT2D eigenvalue weighted by atomic mass is 31.2. The lowest BCUT2D eigenvalue weighted by molar-refractivity contribution is -0.145. The van der Waals surface area contributed by atoms with Gasteiger partial charge in [-0.2, -0.15) is 0 Å². The summed E-state index contributed by atoms with van der Waals surface area (Å²) in [5, 5.41) is 11.7. The molecule has 0 amide bonds. The van der Waals surface area contributed by atoms with Gasteiger partial charge in [0.2, 0.25) is 0 Å². The molecular formula is C22H23O5P. The van der Waals surface area contributed by atoms with Gasteiger partial charge in [-0.1, -0.05) is 72.8 Å². The molecule has 2 atom stereocenters. The van der Waals surface area contributed by atoms with Crippen LogP contribution in [0, 0.1) is 0 Å². The van der Waals surface area contributed by atoms with Crippen molar-refractivity contribution in [3.63, 3.8) is 0 Å². The van der Waals surface area contributed by atoms with Crippen LogP contribution in [0.15, 0.2) is 72.8 Å². The second-order valence-electron chi connectivity index (χ2n) is 6.79. The van der Waals surface area contributed by atoms with Crippen molar-refractivity contribution in [1.29, 1.82) is 0 Å². The van der Waals surface area contributed by atoms with Gasteiger partial charge in [-0.25, -0.2) is 4.79 Å². The van der Waals surface area contributed by atoms with Gasteiger partial charge in [0.15, 0.2) is 6.10 Å². The van der Waals surface area contributed by atoms with E-state index < -0.39 is 19.7 Å². The number of carbonyl (C=O) groups is 1. The van der Waals surface area contributed by atoms with Gasteiger partial charge in [0.05, 0.1) is 6.16 Å². The zero-order chi connectivity index (χ0) is 20.0. The number of aryl methyl sites for hydroxylation is 1. The molecule has 2 N–H and O–H groups in total. The second-order valence-corrected chi connectivity index (χ2v) is 8.59. The van der Waals surface area contributed by atoms with Crippen LogP contribution in [0.25, 0.3) is 10.8 Å². The van der Waals surface area contributed by atoms with E-state index in [1.807, 2.05) is 36.4 Å². The summed E-state index contributed by atoms with van der Waals surface area (Å²) in [4.78, 5) is 21.6. The van der Waals surface area contributed by atoms with Crippen molar-refractivity contribution >= 4 is 24.3 Å². The summed E-state index contributed by atoms with van der Waals surface area (Å²) in [7, 11) is -4.05. The lowest BCUT2D eigenvalue weighted by Crippen LogP contribution is -2.23. The van der Waals surface area contributed by atoms with Gasteiger partial charge in [0.1, 0.15) is 0 Å². The lowest BCUT2D eigenvalue weighted by Gasteiger charge is -2.18. The molecule has 0 aliphatic heterocycles. The van der Waals surface area contributed by atoms with Crippen LogP contribution in [0.2, 0.25) is 0 Å². The Balaban J connectivity index is 1.58. The van der Waals surface area contributed by atoms with E-state index in [0.29, 0.717) is 18.4 Å². The average Bonchev–Trinajstić information content (AvgIpc) is 2.67. The van der Waals surface area contributed by atoms with Gasteiger partial charge in [0, 0.05) is 0 Å². The smallest absolute Gasteiger partial charge is 0.333 e. The van der Waals surface area contributed by atoms with Crippen LogP contribution in [0.1, 0.15) is 24.0 Å². The molecule has 146 valence electrons. The largest absolute Gasteiger partial charge is 0.479 e. The molecule has 3 rings (SSSR count). The molecule has 0 bridgehead atoms. The zero-order valence-corrected chi connectivity index (χ0v) is 16.3. The fourth-order valence-electron chi connectivity index (χ4n) is 3.16. The van der Waals surface area contributed by atoms with Crippen molar-refractivity contribution in [2.45, 2.75) is 31.5 Å². The Morgan fingerprint density at radius 2 is 1.61 bits per heavy atom. The van der Waals surface area contributed by atoms with Crippen molar-refractivity contribution in [3.05, 3.63) is 83.9 Å². The summed E-state index contributed by atoms with van der Waals surface area (Å²) in [6.45, 7) is 0. The minimum absolute atomic E-state index is 0.168. The van der Waals surface area contributed by atoms with E-state index in [2.05, 4.69) is 6.07 Å². The van der Waals surface area contributed by atoms with Crippen molar-refractivity contribution < 1.29 is 23.9 Å². The van der Waals surface area contributed by atoms with E-state index in [1.165, 1.54) is 0 Å². The molecule has 3 aromatic carbocycles. The Morgan fingerprint density at radius 3 is 2.32 bits per heavy atom. The number of benzene rings is 3. The molecule has 0 saturated carbocycles. The molecule has 0 fully saturated rings. The molecular weight excluding hydrogens is 375 g/mol. The van der Waals surface area contributed by atoms with E-state index in [1.54, 1.807) is 30.3 Å². The Morgan fingerprint density at radius 1 is 0.929 bits per heavy atom. The third-order valence-corrected chi connectivity index (χ3v) is 5.89. The van der Waals surface area contributed by atoms with E-state index in [4.69, 9.17) is 4.52 Å². The van der Waals surface area contributed by atoms with Crippen LogP contribution in [0.4, 0.5) is 0 Å². The summed E-state index contributed by atoms with van der Waals surface area (Å²) < 4.78 is 17.5. The number of hydrogen-bond donors (Lipinski definition) is 2. The number of rotatable bonds is 9. The number of aliphatic carboxylic acids is 1. The number of carboxylic acid groups (broad SMARTS) is 1. The summed E-state index contributed by atoms with van der Waals surface area (Å²) in [5.74, 6) is -1.22.